The van der Waals surface area contributed by atoms with Crippen LogP contribution in [-0.4, -0.2) is 15.6 Å². The Labute approximate surface area is 108 Å². The first kappa shape index (κ1) is 11.7. The lowest BCUT2D eigenvalue weighted by Gasteiger charge is -2.12. The standard InChI is InChI=1S/C15H21N3/c1-2-5-11(16)10-15-17-13-6-3-4-7-14(13)18(15)12-8-9-12/h3-4,6-7,11-12H,2,5,8-10,16H2,1H3. The number of imidazole rings is 1. The smallest absolute Gasteiger partial charge is 0.111 e. The molecule has 1 atom stereocenters. The van der Waals surface area contributed by atoms with E-state index in [2.05, 4.69) is 35.8 Å². The molecule has 1 aliphatic carbocycles. The van der Waals surface area contributed by atoms with Crippen LogP contribution < -0.4 is 5.73 Å². The summed E-state index contributed by atoms with van der Waals surface area (Å²) >= 11 is 0. The average Bonchev–Trinajstić information content (AvgIpc) is 3.11. The molecule has 1 unspecified atom stereocenters. The van der Waals surface area contributed by atoms with Crippen molar-refractivity contribution in [1.29, 1.82) is 0 Å². The number of hydrogen-bond donors (Lipinski definition) is 1. The van der Waals surface area contributed by atoms with E-state index in [1.54, 1.807) is 0 Å². The molecule has 1 aromatic heterocycles. The lowest BCUT2D eigenvalue weighted by molar-refractivity contribution is 0.564. The fourth-order valence-electron chi connectivity index (χ4n) is 2.69. The van der Waals surface area contributed by atoms with Gasteiger partial charge in [-0.25, -0.2) is 4.98 Å². The highest BCUT2D eigenvalue weighted by molar-refractivity contribution is 5.76. The SMILES string of the molecule is CCCC(N)Cc1nc2ccccc2n1C1CC1. The van der Waals surface area contributed by atoms with E-state index in [9.17, 15) is 0 Å². The minimum atomic E-state index is 0.240. The number of nitrogens with two attached hydrogens (primary N) is 1. The molecule has 2 N–H and O–H groups in total. The quantitative estimate of drug-likeness (QED) is 0.877. The molecule has 2 aromatic rings. The summed E-state index contributed by atoms with van der Waals surface area (Å²) in [7, 11) is 0. The fourth-order valence-corrected chi connectivity index (χ4v) is 2.69. The zero-order valence-electron chi connectivity index (χ0n) is 11.0. The van der Waals surface area contributed by atoms with Crippen LogP contribution in [0.2, 0.25) is 0 Å². The number of rotatable bonds is 5. The van der Waals surface area contributed by atoms with Gasteiger partial charge in [0.25, 0.3) is 0 Å². The van der Waals surface area contributed by atoms with Crippen LogP contribution in [0, 0.1) is 0 Å². The highest BCUT2D eigenvalue weighted by atomic mass is 15.1. The lowest BCUT2D eigenvalue weighted by atomic mass is 10.1. The molecule has 0 saturated heterocycles. The van der Waals surface area contributed by atoms with Gasteiger partial charge in [0.2, 0.25) is 0 Å². The second-order valence-corrected chi connectivity index (χ2v) is 5.37. The maximum absolute atomic E-state index is 6.17. The van der Waals surface area contributed by atoms with E-state index in [4.69, 9.17) is 10.7 Å². The van der Waals surface area contributed by atoms with Crippen LogP contribution in [0.15, 0.2) is 24.3 Å². The number of hydrogen-bond acceptors (Lipinski definition) is 2. The van der Waals surface area contributed by atoms with Crippen molar-refractivity contribution in [3.8, 4) is 0 Å². The van der Waals surface area contributed by atoms with Gasteiger partial charge in [-0.3, -0.25) is 0 Å². The van der Waals surface area contributed by atoms with Crippen molar-refractivity contribution in [2.24, 2.45) is 5.73 Å². The maximum atomic E-state index is 6.17. The summed E-state index contributed by atoms with van der Waals surface area (Å²) in [5.74, 6) is 1.18. The Morgan fingerprint density at radius 1 is 1.39 bits per heavy atom. The molecule has 0 spiro atoms. The summed E-state index contributed by atoms with van der Waals surface area (Å²) in [5, 5.41) is 0. The predicted octanol–water partition coefficient (Wildman–Crippen LogP) is 3.04. The van der Waals surface area contributed by atoms with Gasteiger partial charge in [0, 0.05) is 18.5 Å². The molecule has 1 aromatic carbocycles. The molecule has 0 radical (unpaired) electrons. The zero-order chi connectivity index (χ0) is 12.5. The number of nitrogens with zero attached hydrogens (tertiary/aromatic N) is 2. The zero-order valence-corrected chi connectivity index (χ0v) is 11.0. The van der Waals surface area contributed by atoms with Crippen molar-refractivity contribution in [3.63, 3.8) is 0 Å². The van der Waals surface area contributed by atoms with Crippen molar-refractivity contribution in [2.75, 3.05) is 0 Å². The summed E-state index contributed by atoms with van der Waals surface area (Å²) in [4.78, 5) is 4.78. The Hall–Kier alpha value is -1.35. The van der Waals surface area contributed by atoms with Gasteiger partial charge < -0.3 is 10.3 Å². The van der Waals surface area contributed by atoms with E-state index in [1.165, 1.54) is 24.2 Å². The monoisotopic (exact) mass is 243 g/mol. The molecule has 96 valence electrons. The van der Waals surface area contributed by atoms with Gasteiger partial charge in [0.05, 0.1) is 11.0 Å². The van der Waals surface area contributed by atoms with Crippen LogP contribution in [0.1, 0.15) is 44.5 Å². The summed E-state index contributed by atoms with van der Waals surface area (Å²) in [5.41, 5.74) is 8.56. The third kappa shape index (κ3) is 2.15. The van der Waals surface area contributed by atoms with Crippen molar-refractivity contribution < 1.29 is 0 Å². The lowest BCUT2D eigenvalue weighted by Crippen LogP contribution is -2.24. The Balaban J connectivity index is 1.97. The van der Waals surface area contributed by atoms with Crippen LogP contribution in [0.25, 0.3) is 11.0 Å². The molecule has 3 nitrogen and oxygen atoms in total. The molecule has 18 heavy (non-hydrogen) atoms. The van der Waals surface area contributed by atoms with Crippen molar-refractivity contribution in [2.45, 2.75) is 51.1 Å². The molecule has 0 amide bonds. The van der Waals surface area contributed by atoms with E-state index in [0.29, 0.717) is 6.04 Å². The van der Waals surface area contributed by atoms with Crippen LogP contribution in [0.5, 0.6) is 0 Å². The highest BCUT2D eigenvalue weighted by Crippen LogP contribution is 2.38. The molecule has 3 heteroatoms. The number of para-hydroxylation sites is 2. The Morgan fingerprint density at radius 2 is 2.17 bits per heavy atom. The second-order valence-electron chi connectivity index (χ2n) is 5.37. The van der Waals surface area contributed by atoms with E-state index in [0.717, 1.165) is 24.8 Å². The minimum Gasteiger partial charge on any atom is -0.327 e. The van der Waals surface area contributed by atoms with Crippen LogP contribution in [-0.2, 0) is 6.42 Å². The molecule has 0 bridgehead atoms. The Bertz CT molecular complexity index is 540. The first-order valence-electron chi connectivity index (χ1n) is 7.01. The van der Waals surface area contributed by atoms with Crippen molar-refractivity contribution in [3.05, 3.63) is 30.1 Å². The van der Waals surface area contributed by atoms with Gasteiger partial charge in [-0.2, -0.15) is 0 Å². The van der Waals surface area contributed by atoms with E-state index >= 15 is 0 Å². The predicted molar refractivity (Wildman–Crippen MR) is 74.6 cm³/mol. The van der Waals surface area contributed by atoms with Gasteiger partial charge in [-0.05, 0) is 31.4 Å². The Morgan fingerprint density at radius 3 is 2.89 bits per heavy atom. The van der Waals surface area contributed by atoms with Gasteiger partial charge in [0.15, 0.2) is 0 Å². The molecule has 1 heterocycles. The summed E-state index contributed by atoms with van der Waals surface area (Å²) in [6.07, 6.45) is 5.70. The van der Waals surface area contributed by atoms with E-state index < -0.39 is 0 Å². The molecular weight excluding hydrogens is 222 g/mol. The summed E-state index contributed by atoms with van der Waals surface area (Å²) in [6, 6.07) is 9.34. The van der Waals surface area contributed by atoms with E-state index in [-0.39, 0.29) is 6.04 Å². The number of fused-ring (bicyclic) bond motifs is 1. The van der Waals surface area contributed by atoms with Crippen LogP contribution in [0.4, 0.5) is 0 Å². The van der Waals surface area contributed by atoms with E-state index in [1.807, 2.05) is 0 Å². The summed E-state index contributed by atoms with van der Waals surface area (Å²) in [6.45, 7) is 2.18. The molecule has 3 rings (SSSR count). The van der Waals surface area contributed by atoms with Crippen LogP contribution >= 0.6 is 0 Å². The first-order chi connectivity index (χ1) is 8.79. The maximum Gasteiger partial charge on any atom is 0.111 e. The first-order valence-corrected chi connectivity index (χ1v) is 7.01. The number of aromatic nitrogens is 2. The second kappa shape index (κ2) is 4.73. The third-order valence-electron chi connectivity index (χ3n) is 3.69. The minimum absolute atomic E-state index is 0.240. The molecule has 1 fully saturated rings. The fraction of sp³-hybridized carbons (Fsp3) is 0.533. The largest absolute Gasteiger partial charge is 0.327 e. The third-order valence-corrected chi connectivity index (χ3v) is 3.69. The highest BCUT2D eigenvalue weighted by Gasteiger charge is 2.28. The van der Waals surface area contributed by atoms with Crippen molar-refractivity contribution in [1.82, 2.24) is 9.55 Å². The van der Waals surface area contributed by atoms with Gasteiger partial charge in [0.1, 0.15) is 5.82 Å². The molecule has 0 aliphatic heterocycles. The van der Waals surface area contributed by atoms with Gasteiger partial charge >= 0.3 is 0 Å². The Kier molecular flexibility index (Phi) is 3.08. The normalized spacial score (nSPS) is 17.2. The summed E-state index contributed by atoms with van der Waals surface area (Å²) < 4.78 is 2.42. The topological polar surface area (TPSA) is 43.8 Å². The number of benzene rings is 1. The van der Waals surface area contributed by atoms with Crippen LogP contribution in [0.3, 0.4) is 0 Å². The van der Waals surface area contributed by atoms with Gasteiger partial charge in [-0.1, -0.05) is 25.5 Å². The molecule has 1 saturated carbocycles. The van der Waals surface area contributed by atoms with Crippen molar-refractivity contribution >= 4 is 11.0 Å². The average molecular weight is 243 g/mol. The molecular formula is C15H21N3. The molecule has 1 aliphatic rings. The van der Waals surface area contributed by atoms with Gasteiger partial charge in [-0.15, -0.1) is 0 Å².